The predicted molar refractivity (Wildman–Crippen MR) is 79.3 cm³/mol. The molecular formula is C15H20N2O3S. The smallest absolute Gasteiger partial charge is 0.254 e. The number of hydrogen-bond donors (Lipinski definition) is 1. The number of carbonyl (C=O) groups is 1. The molecule has 2 aliphatic rings. The van der Waals surface area contributed by atoms with Crippen LogP contribution in [0.2, 0.25) is 0 Å². The molecule has 0 aromatic heterocycles. The molecule has 5 nitrogen and oxygen atoms in total. The number of primary sulfonamides is 1. The standard InChI is InChI=1S/C15H20N2O3S/c1-10-6-12(8-14(7-10)21(16,19)20)15(18)17(13-4-5-13)9-11-2-3-11/h6-8,11,13H,2-5,9H2,1H3,(H2,16,19,20). The van der Waals surface area contributed by atoms with Gasteiger partial charge in [-0.05, 0) is 62.3 Å². The zero-order valence-corrected chi connectivity index (χ0v) is 12.9. The van der Waals surface area contributed by atoms with Crippen molar-refractivity contribution in [3.8, 4) is 0 Å². The summed E-state index contributed by atoms with van der Waals surface area (Å²) in [6.45, 7) is 2.57. The van der Waals surface area contributed by atoms with Gasteiger partial charge in [-0.15, -0.1) is 0 Å². The van der Waals surface area contributed by atoms with Gasteiger partial charge in [-0.3, -0.25) is 4.79 Å². The molecule has 1 aromatic carbocycles. The fraction of sp³-hybridized carbons (Fsp3) is 0.533. The molecule has 1 amide bonds. The lowest BCUT2D eigenvalue weighted by molar-refractivity contribution is 0.0734. The molecule has 1 aromatic rings. The molecule has 2 fully saturated rings. The van der Waals surface area contributed by atoms with E-state index in [4.69, 9.17) is 5.14 Å². The Bertz CT molecular complexity index is 676. The lowest BCUT2D eigenvalue weighted by atomic mass is 10.1. The maximum atomic E-state index is 12.7. The third kappa shape index (κ3) is 3.44. The molecule has 21 heavy (non-hydrogen) atoms. The van der Waals surface area contributed by atoms with Gasteiger partial charge in [0, 0.05) is 18.2 Å². The molecule has 0 heterocycles. The van der Waals surface area contributed by atoms with Crippen LogP contribution < -0.4 is 5.14 Å². The second kappa shape index (κ2) is 5.10. The molecule has 0 aliphatic heterocycles. The zero-order valence-electron chi connectivity index (χ0n) is 12.1. The summed E-state index contributed by atoms with van der Waals surface area (Å²) in [5.41, 5.74) is 1.15. The molecule has 6 heteroatoms. The van der Waals surface area contributed by atoms with Crippen LogP contribution in [0.1, 0.15) is 41.6 Å². The molecule has 0 unspecified atom stereocenters. The fourth-order valence-electron chi connectivity index (χ4n) is 2.56. The highest BCUT2D eigenvalue weighted by molar-refractivity contribution is 7.89. The lowest BCUT2D eigenvalue weighted by Crippen LogP contribution is -2.35. The summed E-state index contributed by atoms with van der Waals surface area (Å²) in [5.74, 6) is 0.551. The largest absolute Gasteiger partial charge is 0.335 e. The van der Waals surface area contributed by atoms with Crippen molar-refractivity contribution in [3.63, 3.8) is 0 Å². The first kappa shape index (κ1) is 14.5. The van der Waals surface area contributed by atoms with Crippen LogP contribution in [0.4, 0.5) is 0 Å². The van der Waals surface area contributed by atoms with Gasteiger partial charge in [-0.2, -0.15) is 0 Å². The highest BCUT2D eigenvalue weighted by Gasteiger charge is 2.37. The molecule has 0 spiro atoms. The highest BCUT2D eigenvalue weighted by Crippen LogP contribution is 2.35. The number of nitrogens with two attached hydrogens (primary N) is 1. The minimum atomic E-state index is -3.79. The van der Waals surface area contributed by atoms with Gasteiger partial charge >= 0.3 is 0 Å². The second-order valence-electron chi connectivity index (χ2n) is 6.21. The Morgan fingerprint density at radius 2 is 1.90 bits per heavy atom. The Kier molecular flexibility index (Phi) is 3.53. The van der Waals surface area contributed by atoms with Crippen LogP contribution in [0.25, 0.3) is 0 Å². The van der Waals surface area contributed by atoms with E-state index in [1.54, 1.807) is 13.0 Å². The Morgan fingerprint density at radius 1 is 1.24 bits per heavy atom. The summed E-state index contributed by atoms with van der Waals surface area (Å²) in [5, 5.41) is 5.18. The van der Waals surface area contributed by atoms with E-state index in [0.29, 0.717) is 17.5 Å². The molecule has 2 aliphatic carbocycles. The molecule has 114 valence electrons. The Morgan fingerprint density at radius 3 is 2.43 bits per heavy atom. The molecule has 3 rings (SSSR count). The van der Waals surface area contributed by atoms with Crippen molar-refractivity contribution < 1.29 is 13.2 Å². The lowest BCUT2D eigenvalue weighted by Gasteiger charge is -2.23. The van der Waals surface area contributed by atoms with Gasteiger partial charge in [0.2, 0.25) is 10.0 Å². The van der Waals surface area contributed by atoms with Crippen LogP contribution in [0, 0.1) is 12.8 Å². The van der Waals surface area contributed by atoms with E-state index in [9.17, 15) is 13.2 Å². The van der Waals surface area contributed by atoms with Gasteiger partial charge in [0.25, 0.3) is 5.91 Å². The maximum absolute atomic E-state index is 12.7. The van der Waals surface area contributed by atoms with Crippen molar-refractivity contribution in [2.24, 2.45) is 11.1 Å². The van der Waals surface area contributed by atoms with E-state index in [1.807, 2.05) is 4.90 Å². The number of nitrogens with zero attached hydrogens (tertiary/aromatic N) is 1. The van der Waals surface area contributed by atoms with Gasteiger partial charge < -0.3 is 4.90 Å². The number of hydrogen-bond acceptors (Lipinski definition) is 3. The van der Waals surface area contributed by atoms with Gasteiger partial charge in [-0.25, -0.2) is 13.6 Å². The van der Waals surface area contributed by atoms with Crippen molar-refractivity contribution >= 4 is 15.9 Å². The fourth-order valence-corrected chi connectivity index (χ4v) is 3.21. The van der Waals surface area contributed by atoms with Crippen molar-refractivity contribution in [1.82, 2.24) is 4.90 Å². The van der Waals surface area contributed by atoms with Crippen molar-refractivity contribution in [1.29, 1.82) is 0 Å². The first-order valence-electron chi connectivity index (χ1n) is 7.30. The van der Waals surface area contributed by atoms with Crippen LogP contribution >= 0.6 is 0 Å². The summed E-state index contributed by atoms with van der Waals surface area (Å²) >= 11 is 0. The predicted octanol–water partition coefficient (Wildman–Crippen LogP) is 1.66. The molecule has 0 radical (unpaired) electrons. The van der Waals surface area contributed by atoms with E-state index in [0.717, 1.165) is 24.9 Å². The summed E-state index contributed by atoms with van der Waals surface area (Å²) in [6, 6.07) is 4.96. The summed E-state index contributed by atoms with van der Waals surface area (Å²) in [6.07, 6.45) is 4.47. The number of amides is 1. The Balaban J connectivity index is 1.90. The van der Waals surface area contributed by atoms with E-state index in [2.05, 4.69) is 0 Å². The Labute approximate surface area is 125 Å². The highest BCUT2D eigenvalue weighted by atomic mass is 32.2. The first-order chi connectivity index (χ1) is 9.84. The summed E-state index contributed by atoms with van der Waals surface area (Å²) in [4.78, 5) is 14.6. The molecule has 2 N–H and O–H groups in total. The van der Waals surface area contributed by atoms with Gasteiger partial charge in [0.05, 0.1) is 4.90 Å². The minimum Gasteiger partial charge on any atom is -0.335 e. The minimum absolute atomic E-state index is 0.00742. The van der Waals surface area contributed by atoms with Gasteiger partial charge in [0.15, 0.2) is 0 Å². The number of aryl methyl sites for hydroxylation is 1. The quantitative estimate of drug-likeness (QED) is 0.898. The van der Waals surface area contributed by atoms with Crippen LogP contribution in [0.15, 0.2) is 23.1 Å². The maximum Gasteiger partial charge on any atom is 0.254 e. The number of sulfonamides is 1. The number of carbonyl (C=O) groups excluding carboxylic acids is 1. The van der Waals surface area contributed by atoms with E-state index in [-0.39, 0.29) is 10.8 Å². The summed E-state index contributed by atoms with van der Waals surface area (Å²) in [7, 11) is -3.79. The van der Waals surface area contributed by atoms with Gasteiger partial charge in [-0.1, -0.05) is 0 Å². The first-order valence-corrected chi connectivity index (χ1v) is 8.84. The van der Waals surface area contributed by atoms with E-state index in [1.165, 1.54) is 25.0 Å². The Hall–Kier alpha value is -1.40. The molecule has 0 saturated heterocycles. The second-order valence-corrected chi connectivity index (χ2v) is 7.77. The van der Waals surface area contributed by atoms with E-state index >= 15 is 0 Å². The van der Waals surface area contributed by atoms with Crippen LogP contribution in [-0.4, -0.2) is 31.8 Å². The van der Waals surface area contributed by atoms with Crippen molar-refractivity contribution in [3.05, 3.63) is 29.3 Å². The number of benzene rings is 1. The average Bonchev–Trinajstić information content (AvgIpc) is 3.24. The topological polar surface area (TPSA) is 80.5 Å². The van der Waals surface area contributed by atoms with Crippen molar-refractivity contribution in [2.45, 2.75) is 43.5 Å². The third-order valence-electron chi connectivity index (χ3n) is 4.03. The zero-order chi connectivity index (χ0) is 15.2. The monoisotopic (exact) mass is 308 g/mol. The normalized spacial score (nSPS) is 18.6. The number of rotatable bonds is 5. The SMILES string of the molecule is Cc1cc(C(=O)N(CC2CC2)C2CC2)cc(S(N)(=O)=O)c1. The average molecular weight is 308 g/mol. The van der Waals surface area contributed by atoms with Crippen LogP contribution in [-0.2, 0) is 10.0 Å². The molecular weight excluding hydrogens is 288 g/mol. The molecule has 0 bridgehead atoms. The van der Waals surface area contributed by atoms with Crippen LogP contribution in [0.5, 0.6) is 0 Å². The molecule has 2 saturated carbocycles. The van der Waals surface area contributed by atoms with Crippen molar-refractivity contribution in [2.75, 3.05) is 6.54 Å². The summed E-state index contributed by atoms with van der Waals surface area (Å²) < 4.78 is 23.0. The van der Waals surface area contributed by atoms with Gasteiger partial charge in [0.1, 0.15) is 0 Å². The van der Waals surface area contributed by atoms with Crippen LogP contribution in [0.3, 0.4) is 0 Å². The third-order valence-corrected chi connectivity index (χ3v) is 4.92. The molecule has 0 atom stereocenters. The van der Waals surface area contributed by atoms with E-state index < -0.39 is 10.0 Å².